The Morgan fingerprint density at radius 1 is 1.04 bits per heavy atom. The number of hydrogen-bond donors (Lipinski definition) is 2. The van der Waals surface area contributed by atoms with Crippen LogP contribution in [0.4, 0.5) is 4.79 Å². The van der Waals surface area contributed by atoms with Crippen molar-refractivity contribution in [2.45, 2.75) is 37.1 Å². The van der Waals surface area contributed by atoms with Gasteiger partial charge in [0.25, 0.3) is 0 Å². The molecular formula is C23H23NO4. The summed E-state index contributed by atoms with van der Waals surface area (Å²) in [5.41, 5.74) is 3.46. The molecule has 2 aromatic rings. The molecule has 2 saturated carbocycles. The smallest absolute Gasteiger partial charge is 0.408 e. The quantitative estimate of drug-likeness (QED) is 0.839. The molecule has 3 atom stereocenters. The average Bonchev–Trinajstić information content (AvgIpc) is 3.38. The van der Waals surface area contributed by atoms with E-state index in [4.69, 9.17) is 4.74 Å². The van der Waals surface area contributed by atoms with Crippen LogP contribution in [-0.4, -0.2) is 29.3 Å². The average molecular weight is 377 g/mol. The third-order valence-electron chi connectivity index (χ3n) is 6.90. The molecule has 2 aromatic carbocycles. The number of benzene rings is 2. The molecule has 0 aliphatic heterocycles. The standard InChI is InChI=1S/C23H23NO4/c25-21(26)23(12-14-9-10-15(23)11-14)24-22(27)28-13-20-18-7-3-1-5-16(18)17-6-2-4-8-19(17)20/h1-8,14-15,20H,9-13H2,(H,24,27)(H,25,26)/t14-,15+,23+/m0/s1. The van der Waals surface area contributed by atoms with Crippen molar-refractivity contribution in [2.75, 3.05) is 6.61 Å². The lowest BCUT2D eigenvalue weighted by Crippen LogP contribution is -2.58. The first-order valence-corrected chi connectivity index (χ1v) is 9.95. The second kappa shape index (κ2) is 6.36. The van der Waals surface area contributed by atoms with Gasteiger partial charge in [0.05, 0.1) is 0 Å². The van der Waals surface area contributed by atoms with Crippen molar-refractivity contribution in [3.63, 3.8) is 0 Å². The van der Waals surface area contributed by atoms with E-state index in [1.165, 1.54) is 11.1 Å². The van der Waals surface area contributed by atoms with Crippen molar-refractivity contribution < 1.29 is 19.4 Å². The van der Waals surface area contributed by atoms with Gasteiger partial charge in [-0.05, 0) is 59.8 Å². The molecule has 0 radical (unpaired) electrons. The number of carboxylic acids is 1. The van der Waals surface area contributed by atoms with Crippen LogP contribution in [0.1, 0.15) is 42.7 Å². The third-order valence-corrected chi connectivity index (χ3v) is 6.90. The lowest BCUT2D eigenvalue weighted by atomic mass is 9.81. The van der Waals surface area contributed by atoms with Crippen molar-refractivity contribution in [1.29, 1.82) is 0 Å². The van der Waals surface area contributed by atoms with Gasteiger partial charge in [0.1, 0.15) is 12.1 Å². The Morgan fingerprint density at radius 2 is 1.68 bits per heavy atom. The molecule has 0 spiro atoms. The summed E-state index contributed by atoms with van der Waals surface area (Å²) >= 11 is 0. The van der Waals surface area contributed by atoms with Gasteiger partial charge in [0, 0.05) is 5.92 Å². The fraction of sp³-hybridized carbons (Fsp3) is 0.391. The number of aliphatic carboxylic acids is 1. The number of carboxylic acid groups (broad SMARTS) is 1. The van der Waals surface area contributed by atoms with Crippen LogP contribution >= 0.6 is 0 Å². The number of carbonyl (C=O) groups excluding carboxylic acids is 1. The molecule has 2 N–H and O–H groups in total. The monoisotopic (exact) mass is 377 g/mol. The molecule has 2 bridgehead atoms. The first kappa shape index (κ1) is 17.3. The van der Waals surface area contributed by atoms with Crippen LogP contribution in [0.15, 0.2) is 48.5 Å². The molecule has 0 unspecified atom stereocenters. The van der Waals surface area contributed by atoms with Crippen LogP contribution in [0, 0.1) is 11.8 Å². The first-order valence-electron chi connectivity index (χ1n) is 9.95. The van der Waals surface area contributed by atoms with E-state index in [0.717, 1.165) is 30.4 Å². The van der Waals surface area contributed by atoms with E-state index in [1.807, 2.05) is 24.3 Å². The van der Waals surface area contributed by atoms with E-state index in [2.05, 4.69) is 29.6 Å². The lowest BCUT2D eigenvalue weighted by Gasteiger charge is -2.34. The highest BCUT2D eigenvalue weighted by Gasteiger charge is 2.57. The van der Waals surface area contributed by atoms with Crippen LogP contribution in [0.3, 0.4) is 0 Å². The number of hydrogen-bond acceptors (Lipinski definition) is 3. The van der Waals surface area contributed by atoms with Gasteiger partial charge in [0.15, 0.2) is 0 Å². The summed E-state index contributed by atoms with van der Waals surface area (Å²) in [5, 5.41) is 12.5. The summed E-state index contributed by atoms with van der Waals surface area (Å²) in [5.74, 6) is -0.558. The van der Waals surface area contributed by atoms with E-state index in [1.54, 1.807) is 0 Å². The molecule has 5 nitrogen and oxygen atoms in total. The molecule has 5 heteroatoms. The number of amides is 1. The molecule has 3 aliphatic carbocycles. The zero-order valence-electron chi connectivity index (χ0n) is 15.6. The Morgan fingerprint density at radius 3 is 2.21 bits per heavy atom. The number of fused-ring (bicyclic) bond motifs is 5. The summed E-state index contributed by atoms with van der Waals surface area (Å²) in [4.78, 5) is 24.5. The summed E-state index contributed by atoms with van der Waals surface area (Å²) in [6.45, 7) is 0.198. The number of ether oxygens (including phenoxy) is 1. The number of nitrogens with one attached hydrogen (secondary N) is 1. The van der Waals surface area contributed by atoms with Crippen LogP contribution < -0.4 is 5.32 Å². The predicted octanol–water partition coefficient (Wildman–Crippen LogP) is 4.17. The largest absolute Gasteiger partial charge is 0.479 e. The second-order valence-corrected chi connectivity index (χ2v) is 8.31. The van der Waals surface area contributed by atoms with Gasteiger partial charge in [-0.1, -0.05) is 48.5 Å². The van der Waals surface area contributed by atoms with Crippen molar-refractivity contribution >= 4 is 12.1 Å². The fourth-order valence-electron chi connectivity index (χ4n) is 5.62. The maximum Gasteiger partial charge on any atom is 0.408 e. The minimum absolute atomic E-state index is 0.00971. The van der Waals surface area contributed by atoms with Crippen LogP contribution in [0.25, 0.3) is 11.1 Å². The molecule has 3 aliphatic rings. The SMILES string of the molecule is O=C(N[C@]1(C(=O)O)C[C@H]2CC[C@@H]1C2)OCC1c2ccccc2-c2ccccc21. The number of carbonyl (C=O) groups is 2. The minimum atomic E-state index is -1.16. The highest BCUT2D eigenvalue weighted by molar-refractivity contribution is 5.85. The zero-order chi connectivity index (χ0) is 19.3. The van der Waals surface area contributed by atoms with E-state index < -0.39 is 17.6 Å². The molecule has 1 amide bonds. The highest BCUT2D eigenvalue weighted by atomic mass is 16.5. The Bertz CT molecular complexity index is 910. The van der Waals surface area contributed by atoms with E-state index in [-0.39, 0.29) is 18.4 Å². The lowest BCUT2D eigenvalue weighted by molar-refractivity contribution is -0.147. The van der Waals surface area contributed by atoms with Crippen molar-refractivity contribution in [2.24, 2.45) is 11.8 Å². The van der Waals surface area contributed by atoms with Gasteiger partial charge in [-0.3, -0.25) is 0 Å². The van der Waals surface area contributed by atoms with Gasteiger partial charge in [0.2, 0.25) is 0 Å². The van der Waals surface area contributed by atoms with Crippen LogP contribution in [0.2, 0.25) is 0 Å². The Labute approximate surface area is 163 Å². The maximum atomic E-state index is 12.6. The number of rotatable bonds is 4. The van der Waals surface area contributed by atoms with Gasteiger partial charge in [-0.2, -0.15) is 0 Å². The first-order chi connectivity index (χ1) is 13.6. The summed E-state index contributed by atoms with van der Waals surface area (Å²) in [6.07, 6.45) is 2.69. The van der Waals surface area contributed by atoms with Gasteiger partial charge < -0.3 is 15.2 Å². The Hall–Kier alpha value is -2.82. The Kier molecular flexibility index (Phi) is 3.93. The molecule has 5 rings (SSSR count). The second-order valence-electron chi connectivity index (χ2n) is 8.31. The van der Waals surface area contributed by atoms with Crippen LogP contribution in [-0.2, 0) is 9.53 Å². The van der Waals surface area contributed by atoms with E-state index in [9.17, 15) is 14.7 Å². The van der Waals surface area contributed by atoms with Gasteiger partial charge in [-0.25, -0.2) is 9.59 Å². The van der Waals surface area contributed by atoms with Crippen LogP contribution in [0.5, 0.6) is 0 Å². The molecule has 144 valence electrons. The van der Waals surface area contributed by atoms with Crippen molar-refractivity contribution in [1.82, 2.24) is 5.32 Å². The summed E-state index contributed by atoms with van der Waals surface area (Å²) < 4.78 is 5.57. The Balaban J connectivity index is 1.33. The fourth-order valence-corrected chi connectivity index (χ4v) is 5.62. The van der Waals surface area contributed by atoms with Crippen molar-refractivity contribution in [3.05, 3.63) is 59.7 Å². The maximum absolute atomic E-state index is 12.6. The highest BCUT2D eigenvalue weighted by Crippen LogP contribution is 2.51. The molecular weight excluding hydrogens is 354 g/mol. The molecule has 0 aromatic heterocycles. The molecule has 0 saturated heterocycles. The topological polar surface area (TPSA) is 75.6 Å². The third kappa shape index (κ3) is 2.53. The number of alkyl carbamates (subject to hydrolysis) is 1. The molecule has 28 heavy (non-hydrogen) atoms. The normalized spacial score (nSPS) is 27.3. The van der Waals surface area contributed by atoms with Gasteiger partial charge >= 0.3 is 12.1 Å². The molecule has 2 fully saturated rings. The summed E-state index contributed by atoms with van der Waals surface area (Å²) in [7, 11) is 0. The molecule has 0 heterocycles. The minimum Gasteiger partial charge on any atom is -0.479 e. The summed E-state index contributed by atoms with van der Waals surface area (Å²) in [6, 6.07) is 16.3. The predicted molar refractivity (Wildman–Crippen MR) is 104 cm³/mol. The van der Waals surface area contributed by atoms with Crippen molar-refractivity contribution in [3.8, 4) is 11.1 Å². The van der Waals surface area contributed by atoms with E-state index >= 15 is 0 Å². The zero-order valence-corrected chi connectivity index (χ0v) is 15.6. The van der Waals surface area contributed by atoms with Gasteiger partial charge in [-0.15, -0.1) is 0 Å². The van der Waals surface area contributed by atoms with E-state index in [0.29, 0.717) is 12.3 Å².